The maximum absolute atomic E-state index is 11.4. The first-order valence-corrected chi connectivity index (χ1v) is 9.97. The molecule has 0 atom stereocenters. The van der Waals surface area contributed by atoms with Crippen LogP contribution >= 0.6 is 0 Å². The molecular formula is C23H21N3O6. The number of nitrogens with zero attached hydrogens (tertiary/aromatic N) is 3. The van der Waals surface area contributed by atoms with Crippen molar-refractivity contribution >= 4 is 17.3 Å². The lowest BCUT2D eigenvalue weighted by Crippen LogP contribution is -2.05. The molecule has 0 fully saturated rings. The normalized spacial score (nSPS) is 10.8. The van der Waals surface area contributed by atoms with Gasteiger partial charge in [0.15, 0.2) is 17.8 Å². The summed E-state index contributed by atoms with van der Waals surface area (Å²) in [6.07, 6.45) is 3.20. The third-order valence-corrected chi connectivity index (χ3v) is 4.70. The first kappa shape index (κ1) is 21.1. The van der Waals surface area contributed by atoms with Crippen LogP contribution in [0.1, 0.15) is 22.5 Å². The van der Waals surface area contributed by atoms with Crippen molar-refractivity contribution < 1.29 is 23.4 Å². The quantitative estimate of drug-likeness (QED) is 0.212. The molecule has 0 N–H and O–H groups in total. The van der Waals surface area contributed by atoms with E-state index in [0.717, 1.165) is 11.7 Å². The molecule has 0 saturated carbocycles. The minimum Gasteiger partial charge on any atom is -0.493 e. The van der Waals surface area contributed by atoms with Gasteiger partial charge in [0.05, 0.1) is 25.5 Å². The van der Waals surface area contributed by atoms with E-state index in [0.29, 0.717) is 53.7 Å². The third kappa shape index (κ3) is 4.94. The van der Waals surface area contributed by atoms with Crippen LogP contribution in [0, 0.1) is 0 Å². The fourth-order valence-corrected chi connectivity index (χ4v) is 3.15. The summed E-state index contributed by atoms with van der Waals surface area (Å²) in [5, 5.41) is 9.02. The lowest BCUT2D eigenvalue weighted by Gasteiger charge is -2.11. The third-order valence-electron chi connectivity index (χ3n) is 4.70. The Balaban J connectivity index is 1.28. The number of methoxy groups -OCH3 is 1. The second-order valence-corrected chi connectivity index (χ2v) is 6.91. The van der Waals surface area contributed by atoms with E-state index in [1.54, 1.807) is 41.2 Å². The number of fused-ring (bicyclic) bond motifs is 1. The van der Waals surface area contributed by atoms with Gasteiger partial charge in [-0.3, -0.25) is 9.48 Å². The Labute approximate surface area is 183 Å². The highest BCUT2D eigenvalue weighted by molar-refractivity contribution is 5.81. The summed E-state index contributed by atoms with van der Waals surface area (Å²) in [4.78, 5) is 22.6. The van der Waals surface area contributed by atoms with Crippen molar-refractivity contribution in [3.8, 4) is 17.2 Å². The summed E-state index contributed by atoms with van der Waals surface area (Å²) in [6.45, 7) is 1.21. The number of aromatic nitrogens is 3. The molecule has 0 unspecified atom stereocenters. The molecule has 0 saturated heterocycles. The van der Waals surface area contributed by atoms with Crippen LogP contribution in [0.5, 0.6) is 17.2 Å². The molecule has 0 bridgehead atoms. The van der Waals surface area contributed by atoms with E-state index in [4.69, 9.17) is 18.6 Å². The van der Waals surface area contributed by atoms with Crippen LogP contribution in [-0.4, -0.2) is 35.0 Å². The Morgan fingerprint density at radius 2 is 2.00 bits per heavy atom. The number of para-hydroxylation sites is 1. The second kappa shape index (κ2) is 9.78. The molecule has 9 nitrogen and oxygen atoms in total. The summed E-state index contributed by atoms with van der Waals surface area (Å²) in [7, 11) is 1.52. The smallest absolute Gasteiger partial charge is 0.336 e. The van der Waals surface area contributed by atoms with Crippen molar-refractivity contribution in [1.82, 2.24) is 15.0 Å². The van der Waals surface area contributed by atoms with Crippen LogP contribution in [0.4, 0.5) is 0 Å². The van der Waals surface area contributed by atoms with Crippen LogP contribution in [-0.2, 0) is 13.2 Å². The molecule has 0 aliphatic heterocycles. The van der Waals surface area contributed by atoms with Gasteiger partial charge in [-0.2, -0.15) is 0 Å². The highest BCUT2D eigenvalue weighted by atomic mass is 16.5. The van der Waals surface area contributed by atoms with Crippen molar-refractivity contribution in [2.45, 2.75) is 19.6 Å². The van der Waals surface area contributed by atoms with Crippen molar-refractivity contribution in [3.63, 3.8) is 0 Å². The van der Waals surface area contributed by atoms with E-state index in [1.165, 1.54) is 13.2 Å². The molecule has 0 spiro atoms. The molecule has 2 aromatic carbocycles. The van der Waals surface area contributed by atoms with Gasteiger partial charge >= 0.3 is 5.63 Å². The van der Waals surface area contributed by atoms with E-state index >= 15 is 0 Å². The largest absolute Gasteiger partial charge is 0.493 e. The fourth-order valence-electron chi connectivity index (χ4n) is 3.15. The maximum atomic E-state index is 11.4. The first-order valence-electron chi connectivity index (χ1n) is 9.97. The molecule has 2 aromatic heterocycles. The Morgan fingerprint density at radius 3 is 2.84 bits per heavy atom. The standard InChI is InChI=1S/C23H21N3O6/c1-29-20-5-2-4-17(14-27)23(20)31-15-18-13-26(25-24-18)10-3-11-30-19-8-6-16-7-9-22(28)32-21(16)12-19/h2,4-9,12-14H,3,10-11,15H2,1H3. The fraction of sp³-hybridized carbons (Fsp3) is 0.217. The molecular weight excluding hydrogens is 414 g/mol. The average molecular weight is 435 g/mol. The molecule has 0 amide bonds. The Morgan fingerprint density at radius 1 is 1.12 bits per heavy atom. The minimum atomic E-state index is -0.395. The summed E-state index contributed by atoms with van der Waals surface area (Å²) in [5.41, 5.74) is 1.12. The Kier molecular flexibility index (Phi) is 6.45. The number of rotatable bonds is 10. The molecule has 2 heterocycles. The SMILES string of the molecule is COc1cccc(C=O)c1OCc1cn(CCCOc2ccc3ccc(=O)oc3c2)nn1. The maximum Gasteiger partial charge on any atom is 0.336 e. The van der Waals surface area contributed by atoms with E-state index in [9.17, 15) is 9.59 Å². The number of hydrogen-bond donors (Lipinski definition) is 0. The van der Waals surface area contributed by atoms with Gasteiger partial charge in [-0.1, -0.05) is 11.3 Å². The molecule has 0 radical (unpaired) electrons. The molecule has 4 aromatic rings. The van der Waals surface area contributed by atoms with Crippen molar-refractivity contribution in [1.29, 1.82) is 0 Å². The summed E-state index contributed by atoms with van der Waals surface area (Å²) < 4.78 is 23.6. The van der Waals surface area contributed by atoms with Gasteiger partial charge in [-0.25, -0.2) is 4.79 Å². The Hall–Kier alpha value is -4.14. The van der Waals surface area contributed by atoms with Gasteiger partial charge in [0.1, 0.15) is 23.6 Å². The molecule has 9 heteroatoms. The topological polar surface area (TPSA) is 106 Å². The van der Waals surface area contributed by atoms with E-state index in [2.05, 4.69) is 10.3 Å². The summed E-state index contributed by atoms with van der Waals surface area (Å²) in [6, 6.07) is 13.6. The lowest BCUT2D eigenvalue weighted by atomic mass is 10.2. The monoisotopic (exact) mass is 435 g/mol. The van der Waals surface area contributed by atoms with E-state index in [1.807, 2.05) is 12.1 Å². The minimum absolute atomic E-state index is 0.153. The first-order chi connectivity index (χ1) is 15.7. The van der Waals surface area contributed by atoms with Crippen molar-refractivity contribution in [3.05, 3.63) is 76.4 Å². The summed E-state index contributed by atoms with van der Waals surface area (Å²) >= 11 is 0. The van der Waals surface area contributed by atoms with Gasteiger partial charge < -0.3 is 18.6 Å². The van der Waals surface area contributed by atoms with Gasteiger partial charge in [0.2, 0.25) is 0 Å². The van der Waals surface area contributed by atoms with Crippen LogP contribution in [0.3, 0.4) is 0 Å². The van der Waals surface area contributed by atoms with Crippen LogP contribution in [0.25, 0.3) is 11.0 Å². The summed E-state index contributed by atoms with van der Waals surface area (Å²) in [5.74, 6) is 1.48. The predicted octanol–water partition coefficient (Wildman–Crippen LogP) is 3.25. The molecule has 4 rings (SSSR count). The zero-order valence-corrected chi connectivity index (χ0v) is 17.4. The lowest BCUT2D eigenvalue weighted by molar-refractivity contribution is 0.111. The Bertz CT molecular complexity index is 1280. The van der Waals surface area contributed by atoms with Crippen LogP contribution in [0.15, 0.2) is 63.9 Å². The number of benzene rings is 2. The highest BCUT2D eigenvalue weighted by Gasteiger charge is 2.11. The number of hydrogen-bond acceptors (Lipinski definition) is 8. The number of ether oxygens (including phenoxy) is 3. The second-order valence-electron chi connectivity index (χ2n) is 6.91. The van der Waals surface area contributed by atoms with Gasteiger partial charge in [-0.15, -0.1) is 5.10 Å². The zero-order valence-electron chi connectivity index (χ0n) is 17.4. The van der Waals surface area contributed by atoms with Gasteiger partial charge in [-0.05, 0) is 30.3 Å². The van der Waals surface area contributed by atoms with Gasteiger partial charge in [0, 0.05) is 30.5 Å². The van der Waals surface area contributed by atoms with Crippen molar-refractivity contribution in [2.75, 3.05) is 13.7 Å². The zero-order chi connectivity index (χ0) is 22.3. The molecule has 0 aliphatic carbocycles. The molecule has 0 aliphatic rings. The van der Waals surface area contributed by atoms with E-state index < -0.39 is 5.63 Å². The number of aryl methyl sites for hydroxylation is 1. The van der Waals surface area contributed by atoms with Crippen LogP contribution in [0.2, 0.25) is 0 Å². The predicted molar refractivity (Wildman–Crippen MR) is 115 cm³/mol. The molecule has 164 valence electrons. The number of carbonyl (C=O) groups excluding carboxylic acids is 1. The number of carbonyl (C=O) groups is 1. The highest BCUT2D eigenvalue weighted by Crippen LogP contribution is 2.30. The van der Waals surface area contributed by atoms with Crippen molar-refractivity contribution in [2.24, 2.45) is 0 Å². The molecule has 32 heavy (non-hydrogen) atoms. The average Bonchev–Trinajstić information content (AvgIpc) is 3.27. The van der Waals surface area contributed by atoms with Crippen LogP contribution < -0.4 is 19.8 Å². The number of aldehydes is 1. The van der Waals surface area contributed by atoms with Gasteiger partial charge in [0.25, 0.3) is 0 Å². The van der Waals surface area contributed by atoms with E-state index in [-0.39, 0.29) is 6.61 Å².